The van der Waals surface area contributed by atoms with Crippen molar-refractivity contribution in [2.45, 2.75) is 35.6 Å². The van der Waals surface area contributed by atoms with Crippen LogP contribution >= 0.6 is 11.8 Å². The molecule has 0 aliphatic heterocycles. The van der Waals surface area contributed by atoms with Crippen LogP contribution in [0, 0.1) is 0 Å². The predicted molar refractivity (Wildman–Crippen MR) is 68.5 cm³/mol. The summed E-state index contributed by atoms with van der Waals surface area (Å²) in [5.74, 6) is 0. The third-order valence-corrected chi connectivity index (χ3v) is 4.15. The second kappa shape index (κ2) is 5.26. The van der Waals surface area contributed by atoms with Crippen LogP contribution in [0.3, 0.4) is 0 Å². The van der Waals surface area contributed by atoms with E-state index in [1.165, 1.54) is 17.8 Å². The van der Waals surface area contributed by atoms with E-state index in [0.29, 0.717) is 5.25 Å². The summed E-state index contributed by atoms with van der Waals surface area (Å²) >= 11 is 1.53. The number of alkyl halides is 3. The third kappa shape index (κ3) is 3.22. The molecule has 18 heavy (non-hydrogen) atoms. The maximum Gasteiger partial charge on any atom is 0.416 e. The molecule has 1 nitrogen and oxygen atoms in total. The smallest absolute Gasteiger partial charge is 0.398 e. The third-order valence-electron chi connectivity index (χ3n) is 2.83. The van der Waals surface area contributed by atoms with Gasteiger partial charge in [0, 0.05) is 15.8 Å². The zero-order valence-corrected chi connectivity index (χ0v) is 10.5. The first-order valence-corrected chi connectivity index (χ1v) is 6.65. The Labute approximate surface area is 108 Å². The molecule has 1 unspecified atom stereocenters. The minimum Gasteiger partial charge on any atom is -0.398 e. The minimum absolute atomic E-state index is 0.203. The molecule has 2 rings (SSSR count). The Bertz CT molecular complexity index is 454. The summed E-state index contributed by atoms with van der Waals surface area (Å²) in [6.45, 7) is 0. The van der Waals surface area contributed by atoms with Crippen LogP contribution in [0.1, 0.15) is 24.8 Å². The lowest BCUT2D eigenvalue weighted by Crippen LogP contribution is -2.07. The van der Waals surface area contributed by atoms with Crippen LogP contribution in [0.2, 0.25) is 0 Å². The lowest BCUT2D eigenvalue weighted by Gasteiger charge is -2.17. The van der Waals surface area contributed by atoms with E-state index in [9.17, 15) is 13.2 Å². The fourth-order valence-electron chi connectivity index (χ4n) is 1.87. The molecule has 1 aromatic carbocycles. The molecule has 0 heterocycles. The molecule has 0 saturated heterocycles. The summed E-state index contributed by atoms with van der Waals surface area (Å²) in [6.07, 6.45) is 3.13. The molecule has 98 valence electrons. The SMILES string of the molecule is Nc1cc(C(F)(F)F)ccc1SC1C=CCCC1. The molecule has 0 amide bonds. The van der Waals surface area contributed by atoms with E-state index in [-0.39, 0.29) is 5.69 Å². The first-order valence-electron chi connectivity index (χ1n) is 5.77. The topological polar surface area (TPSA) is 26.0 Å². The molecular weight excluding hydrogens is 259 g/mol. The van der Waals surface area contributed by atoms with Crippen LogP contribution in [0.5, 0.6) is 0 Å². The number of rotatable bonds is 2. The van der Waals surface area contributed by atoms with Gasteiger partial charge in [0.2, 0.25) is 0 Å². The second-order valence-electron chi connectivity index (χ2n) is 4.27. The summed E-state index contributed by atoms with van der Waals surface area (Å²) in [7, 11) is 0. The zero-order valence-electron chi connectivity index (χ0n) is 9.70. The molecule has 0 spiro atoms. The first-order chi connectivity index (χ1) is 8.47. The number of hydrogen-bond acceptors (Lipinski definition) is 2. The average molecular weight is 273 g/mol. The van der Waals surface area contributed by atoms with Crippen molar-refractivity contribution >= 4 is 17.4 Å². The maximum atomic E-state index is 12.5. The average Bonchev–Trinajstić information content (AvgIpc) is 2.32. The highest BCUT2D eigenvalue weighted by atomic mass is 32.2. The van der Waals surface area contributed by atoms with Gasteiger partial charge >= 0.3 is 6.18 Å². The minimum atomic E-state index is -4.33. The van der Waals surface area contributed by atoms with Crippen molar-refractivity contribution in [2.24, 2.45) is 0 Å². The molecule has 1 atom stereocenters. The highest BCUT2D eigenvalue weighted by Gasteiger charge is 2.30. The predicted octanol–water partition coefficient (Wildman–Crippen LogP) is 4.49. The highest BCUT2D eigenvalue weighted by Crippen LogP contribution is 2.37. The summed E-state index contributed by atoms with van der Waals surface area (Å²) in [4.78, 5) is 0.722. The highest BCUT2D eigenvalue weighted by molar-refractivity contribution is 8.00. The van der Waals surface area contributed by atoms with Crippen LogP contribution in [0.15, 0.2) is 35.2 Å². The molecule has 0 fully saturated rings. The Balaban J connectivity index is 2.14. The van der Waals surface area contributed by atoms with Crippen LogP contribution in [-0.4, -0.2) is 5.25 Å². The van der Waals surface area contributed by atoms with Gasteiger partial charge in [0.1, 0.15) is 0 Å². The number of nitrogens with two attached hydrogens (primary N) is 1. The van der Waals surface area contributed by atoms with E-state index in [0.717, 1.165) is 36.3 Å². The number of anilines is 1. The van der Waals surface area contributed by atoms with Crippen LogP contribution in [0.25, 0.3) is 0 Å². The molecule has 1 aliphatic carbocycles. The van der Waals surface area contributed by atoms with Crippen LogP contribution in [0.4, 0.5) is 18.9 Å². The van der Waals surface area contributed by atoms with Gasteiger partial charge in [0.05, 0.1) is 5.56 Å². The first kappa shape index (κ1) is 13.3. The largest absolute Gasteiger partial charge is 0.416 e. The molecule has 1 aromatic rings. The van der Waals surface area contributed by atoms with Crippen molar-refractivity contribution in [3.8, 4) is 0 Å². The molecule has 0 aromatic heterocycles. The van der Waals surface area contributed by atoms with Crippen molar-refractivity contribution in [1.29, 1.82) is 0 Å². The van der Waals surface area contributed by atoms with Gasteiger partial charge in [0.15, 0.2) is 0 Å². The molecule has 0 radical (unpaired) electrons. The van der Waals surface area contributed by atoms with Gasteiger partial charge in [-0.2, -0.15) is 13.2 Å². The fraction of sp³-hybridized carbons (Fsp3) is 0.385. The number of halogens is 3. The molecule has 2 N–H and O–H groups in total. The van der Waals surface area contributed by atoms with Gasteiger partial charge in [-0.15, -0.1) is 11.8 Å². The van der Waals surface area contributed by atoms with Crippen LogP contribution in [-0.2, 0) is 6.18 Å². The Morgan fingerprint density at radius 2 is 2.06 bits per heavy atom. The van der Waals surface area contributed by atoms with E-state index in [2.05, 4.69) is 12.2 Å². The van der Waals surface area contributed by atoms with Gasteiger partial charge in [-0.25, -0.2) is 0 Å². The Morgan fingerprint density at radius 1 is 1.28 bits per heavy atom. The van der Waals surface area contributed by atoms with Crippen molar-refractivity contribution in [2.75, 3.05) is 5.73 Å². The normalized spacial score (nSPS) is 20.1. The number of benzene rings is 1. The molecule has 5 heteroatoms. The van der Waals surface area contributed by atoms with Crippen molar-refractivity contribution in [3.05, 3.63) is 35.9 Å². The lowest BCUT2D eigenvalue weighted by atomic mass is 10.1. The Kier molecular flexibility index (Phi) is 3.90. The zero-order chi connectivity index (χ0) is 13.2. The van der Waals surface area contributed by atoms with Gasteiger partial charge in [-0.3, -0.25) is 0 Å². The van der Waals surface area contributed by atoms with Gasteiger partial charge in [-0.05, 0) is 37.5 Å². The van der Waals surface area contributed by atoms with E-state index in [1.807, 2.05) is 0 Å². The van der Waals surface area contributed by atoms with Crippen LogP contribution < -0.4 is 5.73 Å². The van der Waals surface area contributed by atoms with Crippen molar-refractivity contribution in [3.63, 3.8) is 0 Å². The second-order valence-corrected chi connectivity index (χ2v) is 5.55. The lowest BCUT2D eigenvalue weighted by molar-refractivity contribution is -0.137. The van der Waals surface area contributed by atoms with Crippen molar-refractivity contribution in [1.82, 2.24) is 0 Å². The number of allylic oxidation sites excluding steroid dienone is 1. The van der Waals surface area contributed by atoms with Gasteiger partial charge < -0.3 is 5.73 Å². The van der Waals surface area contributed by atoms with E-state index in [1.54, 1.807) is 0 Å². The van der Waals surface area contributed by atoms with E-state index < -0.39 is 11.7 Å². The number of hydrogen-bond donors (Lipinski definition) is 1. The van der Waals surface area contributed by atoms with Crippen molar-refractivity contribution < 1.29 is 13.2 Å². The monoisotopic (exact) mass is 273 g/mol. The van der Waals surface area contributed by atoms with E-state index in [4.69, 9.17) is 5.73 Å². The number of nitrogen functional groups attached to an aromatic ring is 1. The van der Waals surface area contributed by atoms with Gasteiger partial charge in [0.25, 0.3) is 0 Å². The fourth-order valence-corrected chi connectivity index (χ4v) is 3.02. The molecular formula is C13H14F3NS. The maximum absolute atomic E-state index is 12.5. The summed E-state index contributed by atoms with van der Waals surface area (Å²) < 4.78 is 37.5. The molecule has 0 saturated carbocycles. The molecule has 0 bridgehead atoms. The molecule has 1 aliphatic rings. The summed E-state index contributed by atoms with van der Waals surface area (Å²) in [5.41, 5.74) is 5.20. The van der Waals surface area contributed by atoms with E-state index >= 15 is 0 Å². The Morgan fingerprint density at radius 3 is 2.61 bits per heavy atom. The number of thioether (sulfide) groups is 1. The standard InChI is InChI=1S/C13H14F3NS/c14-13(15,16)9-6-7-12(11(17)8-9)18-10-4-2-1-3-5-10/h2,4,6-8,10H,1,3,5,17H2. The Hall–Kier alpha value is -1.10. The summed E-state index contributed by atoms with van der Waals surface area (Å²) in [5, 5.41) is 0.317. The van der Waals surface area contributed by atoms with Gasteiger partial charge in [-0.1, -0.05) is 12.2 Å². The quantitative estimate of drug-likeness (QED) is 0.634. The summed E-state index contributed by atoms with van der Waals surface area (Å²) in [6, 6.07) is 3.56.